The summed E-state index contributed by atoms with van der Waals surface area (Å²) in [7, 11) is 1.40. The molecule has 16 heavy (non-hydrogen) atoms. The van der Waals surface area contributed by atoms with Gasteiger partial charge in [0.2, 0.25) is 5.13 Å². The standard InChI is InChI=1S/C10H17N3O2S/c1-4-8-11-10(16-12-8)13(5-2)7-6-9(14)15-3/h4-7H2,1-3H3. The summed E-state index contributed by atoms with van der Waals surface area (Å²) in [4.78, 5) is 17.5. The van der Waals surface area contributed by atoms with E-state index in [0.717, 1.165) is 23.9 Å². The molecule has 0 unspecified atom stereocenters. The number of hydrogen-bond acceptors (Lipinski definition) is 6. The highest BCUT2D eigenvalue weighted by molar-refractivity contribution is 7.09. The number of esters is 1. The number of ether oxygens (including phenoxy) is 1. The van der Waals surface area contributed by atoms with E-state index in [1.165, 1.54) is 18.6 Å². The van der Waals surface area contributed by atoms with Crippen LogP contribution in [0.2, 0.25) is 0 Å². The van der Waals surface area contributed by atoms with E-state index in [9.17, 15) is 4.79 Å². The fraction of sp³-hybridized carbons (Fsp3) is 0.700. The van der Waals surface area contributed by atoms with Crippen molar-refractivity contribution < 1.29 is 9.53 Å². The van der Waals surface area contributed by atoms with E-state index in [4.69, 9.17) is 0 Å². The third kappa shape index (κ3) is 3.44. The number of aromatic nitrogens is 2. The van der Waals surface area contributed by atoms with Gasteiger partial charge in [0, 0.05) is 31.0 Å². The van der Waals surface area contributed by atoms with E-state index in [2.05, 4.69) is 14.1 Å². The summed E-state index contributed by atoms with van der Waals surface area (Å²) >= 11 is 1.38. The first-order chi connectivity index (χ1) is 7.71. The maximum Gasteiger partial charge on any atom is 0.307 e. The van der Waals surface area contributed by atoms with Crippen LogP contribution in [0.25, 0.3) is 0 Å². The molecule has 1 aromatic heterocycles. The zero-order valence-corrected chi connectivity index (χ0v) is 10.7. The molecule has 0 atom stereocenters. The highest BCUT2D eigenvalue weighted by Gasteiger charge is 2.12. The first-order valence-electron chi connectivity index (χ1n) is 5.35. The summed E-state index contributed by atoms with van der Waals surface area (Å²) in [6.07, 6.45) is 1.22. The highest BCUT2D eigenvalue weighted by atomic mass is 32.1. The maximum atomic E-state index is 11.0. The van der Waals surface area contributed by atoms with E-state index < -0.39 is 0 Å². The number of anilines is 1. The molecule has 1 rings (SSSR count). The molecule has 0 saturated heterocycles. The largest absolute Gasteiger partial charge is 0.469 e. The lowest BCUT2D eigenvalue weighted by molar-refractivity contribution is -0.140. The molecule has 0 spiro atoms. The minimum absolute atomic E-state index is 0.196. The van der Waals surface area contributed by atoms with Crippen LogP contribution in [0.5, 0.6) is 0 Å². The van der Waals surface area contributed by atoms with Crippen molar-refractivity contribution in [1.82, 2.24) is 9.36 Å². The Morgan fingerprint density at radius 3 is 2.75 bits per heavy atom. The van der Waals surface area contributed by atoms with Crippen LogP contribution in [-0.4, -0.2) is 35.5 Å². The predicted molar refractivity (Wildman–Crippen MR) is 63.8 cm³/mol. The van der Waals surface area contributed by atoms with Gasteiger partial charge in [-0.1, -0.05) is 6.92 Å². The van der Waals surface area contributed by atoms with Crippen LogP contribution in [0.1, 0.15) is 26.1 Å². The molecule has 0 fully saturated rings. The second-order valence-corrected chi connectivity index (χ2v) is 3.98. The Morgan fingerprint density at radius 1 is 1.50 bits per heavy atom. The normalized spacial score (nSPS) is 10.2. The summed E-state index contributed by atoms with van der Waals surface area (Å²) in [6, 6.07) is 0. The monoisotopic (exact) mass is 243 g/mol. The fourth-order valence-corrected chi connectivity index (χ4v) is 2.07. The molecule has 0 bridgehead atoms. The molecule has 0 radical (unpaired) electrons. The molecular weight excluding hydrogens is 226 g/mol. The SMILES string of the molecule is CCc1nsc(N(CC)CCC(=O)OC)n1. The minimum Gasteiger partial charge on any atom is -0.469 e. The number of hydrogen-bond donors (Lipinski definition) is 0. The van der Waals surface area contributed by atoms with Gasteiger partial charge in [0.05, 0.1) is 13.5 Å². The Morgan fingerprint density at radius 2 is 2.25 bits per heavy atom. The summed E-state index contributed by atoms with van der Waals surface area (Å²) in [5, 5.41) is 0.878. The van der Waals surface area contributed by atoms with Crippen LogP contribution in [0.15, 0.2) is 0 Å². The maximum absolute atomic E-state index is 11.0. The topological polar surface area (TPSA) is 55.3 Å². The van der Waals surface area contributed by atoms with Crippen molar-refractivity contribution in [2.24, 2.45) is 0 Å². The molecule has 0 amide bonds. The smallest absolute Gasteiger partial charge is 0.307 e. The molecule has 5 nitrogen and oxygen atoms in total. The molecular formula is C10H17N3O2S. The zero-order valence-electron chi connectivity index (χ0n) is 9.89. The van der Waals surface area contributed by atoms with Crippen molar-refractivity contribution in [3.8, 4) is 0 Å². The quantitative estimate of drug-likeness (QED) is 0.708. The number of rotatable bonds is 6. The van der Waals surface area contributed by atoms with Crippen molar-refractivity contribution in [1.29, 1.82) is 0 Å². The Hall–Kier alpha value is -1.17. The third-order valence-corrected chi connectivity index (χ3v) is 3.05. The van der Waals surface area contributed by atoms with Gasteiger partial charge in [-0.2, -0.15) is 4.37 Å². The van der Waals surface area contributed by atoms with Gasteiger partial charge in [-0.05, 0) is 6.92 Å². The van der Waals surface area contributed by atoms with E-state index in [1.807, 2.05) is 18.7 Å². The van der Waals surface area contributed by atoms with Gasteiger partial charge >= 0.3 is 5.97 Å². The van der Waals surface area contributed by atoms with Gasteiger partial charge < -0.3 is 9.64 Å². The van der Waals surface area contributed by atoms with Crippen molar-refractivity contribution in [2.45, 2.75) is 26.7 Å². The average Bonchev–Trinajstić information content (AvgIpc) is 2.78. The first kappa shape index (κ1) is 12.9. The van der Waals surface area contributed by atoms with Crippen LogP contribution in [0, 0.1) is 0 Å². The minimum atomic E-state index is -0.196. The molecule has 0 aromatic carbocycles. The molecule has 0 aliphatic carbocycles. The summed E-state index contributed by atoms with van der Waals surface area (Å²) in [5.74, 6) is 0.662. The summed E-state index contributed by atoms with van der Waals surface area (Å²) in [5.41, 5.74) is 0. The molecule has 0 aliphatic rings. The molecule has 1 heterocycles. The Labute approximate surface area is 99.6 Å². The van der Waals surface area contributed by atoms with Gasteiger partial charge in [-0.15, -0.1) is 0 Å². The van der Waals surface area contributed by atoms with Crippen LogP contribution < -0.4 is 4.90 Å². The molecule has 6 heteroatoms. The third-order valence-electron chi connectivity index (χ3n) is 2.24. The Kier molecular flexibility index (Phi) is 5.18. The fourth-order valence-electron chi connectivity index (χ4n) is 1.23. The Balaban J connectivity index is 2.56. The number of aryl methyl sites for hydroxylation is 1. The summed E-state index contributed by atoms with van der Waals surface area (Å²) < 4.78 is 8.83. The lowest BCUT2D eigenvalue weighted by Crippen LogP contribution is -2.26. The number of nitrogens with zero attached hydrogens (tertiary/aromatic N) is 3. The van der Waals surface area contributed by atoms with Gasteiger partial charge in [0.25, 0.3) is 0 Å². The van der Waals surface area contributed by atoms with Crippen molar-refractivity contribution in [2.75, 3.05) is 25.1 Å². The number of carbonyl (C=O) groups is 1. The number of methoxy groups -OCH3 is 1. The van der Waals surface area contributed by atoms with E-state index in [0.29, 0.717) is 13.0 Å². The van der Waals surface area contributed by atoms with Crippen molar-refractivity contribution in [3.05, 3.63) is 5.82 Å². The molecule has 0 N–H and O–H groups in total. The van der Waals surface area contributed by atoms with Crippen LogP contribution in [0.3, 0.4) is 0 Å². The predicted octanol–water partition coefficient (Wildman–Crippen LogP) is 1.49. The van der Waals surface area contributed by atoms with E-state index >= 15 is 0 Å². The van der Waals surface area contributed by atoms with E-state index in [1.54, 1.807) is 0 Å². The first-order valence-corrected chi connectivity index (χ1v) is 6.12. The van der Waals surface area contributed by atoms with Crippen molar-refractivity contribution in [3.63, 3.8) is 0 Å². The molecule has 0 aliphatic heterocycles. The lowest BCUT2D eigenvalue weighted by atomic mass is 10.4. The van der Waals surface area contributed by atoms with Crippen LogP contribution >= 0.6 is 11.5 Å². The lowest BCUT2D eigenvalue weighted by Gasteiger charge is -2.18. The second-order valence-electron chi connectivity index (χ2n) is 3.25. The van der Waals surface area contributed by atoms with Gasteiger partial charge in [-0.3, -0.25) is 4.79 Å². The molecule has 0 saturated carbocycles. The van der Waals surface area contributed by atoms with E-state index in [-0.39, 0.29) is 5.97 Å². The van der Waals surface area contributed by atoms with Gasteiger partial charge in [-0.25, -0.2) is 4.98 Å². The number of carbonyl (C=O) groups excluding carboxylic acids is 1. The average molecular weight is 243 g/mol. The van der Waals surface area contributed by atoms with Gasteiger partial charge in [0.15, 0.2) is 0 Å². The van der Waals surface area contributed by atoms with Gasteiger partial charge in [0.1, 0.15) is 5.82 Å². The summed E-state index contributed by atoms with van der Waals surface area (Å²) in [6.45, 7) is 5.50. The van der Waals surface area contributed by atoms with Crippen molar-refractivity contribution >= 4 is 22.6 Å². The zero-order chi connectivity index (χ0) is 12.0. The van der Waals surface area contributed by atoms with Crippen LogP contribution in [0.4, 0.5) is 5.13 Å². The second kappa shape index (κ2) is 6.42. The highest BCUT2D eigenvalue weighted by Crippen LogP contribution is 2.17. The molecule has 1 aromatic rings. The molecule has 90 valence electrons. The Bertz CT molecular complexity index is 341. The van der Waals surface area contributed by atoms with Crippen LogP contribution in [-0.2, 0) is 16.0 Å².